The molecule has 0 unspecified atom stereocenters. The Bertz CT molecular complexity index is 436. The van der Waals surface area contributed by atoms with Gasteiger partial charge in [0.1, 0.15) is 0 Å². The number of ether oxygens (including phenoxy) is 2. The maximum atomic E-state index is 6.23. The van der Waals surface area contributed by atoms with Crippen molar-refractivity contribution in [3.05, 3.63) is 22.2 Å². The van der Waals surface area contributed by atoms with Crippen LogP contribution >= 0.6 is 15.9 Å². The van der Waals surface area contributed by atoms with Crippen molar-refractivity contribution in [3.8, 4) is 11.5 Å². The number of rotatable bonds is 4. The molecule has 1 aromatic rings. The molecule has 1 aliphatic carbocycles. The molecule has 0 aromatic heterocycles. The lowest BCUT2D eigenvalue weighted by Crippen LogP contribution is -2.32. The van der Waals surface area contributed by atoms with Crippen LogP contribution < -0.4 is 15.2 Å². The first kappa shape index (κ1) is 13.7. The van der Waals surface area contributed by atoms with Gasteiger partial charge in [0.15, 0.2) is 11.5 Å². The zero-order valence-corrected chi connectivity index (χ0v) is 12.7. The van der Waals surface area contributed by atoms with E-state index in [2.05, 4.69) is 15.9 Å². The third-order valence-corrected chi connectivity index (χ3v) is 3.73. The van der Waals surface area contributed by atoms with Crippen molar-refractivity contribution in [1.29, 1.82) is 0 Å². The Balaban J connectivity index is 2.43. The Morgan fingerprint density at radius 1 is 1.33 bits per heavy atom. The van der Waals surface area contributed by atoms with Crippen molar-refractivity contribution in [1.82, 2.24) is 0 Å². The standard InChI is InChI=1S/C14H20BrNO2/c1-14(2,16)11-7-9(15)8-12(17-3)13(11)18-10-5-4-6-10/h7-8,10H,4-6,16H2,1-3H3. The predicted molar refractivity (Wildman–Crippen MR) is 76.2 cm³/mol. The van der Waals surface area contributed by atoms with Crippen molar-refractivity contribution in [2.75, 3.05) is 7.11 Å². The molecule has 1 aliphatic rings. The SMILES string of the molecule is COc1cc(Br)cc(C(C)(C)N)c1OC1CCC1. The van der Waals surface area contributed by atoms with Gasteiger partial charge in [0.2, 0.25) is 0 Å². The van der Waals surface area contributed by atoms with Gasteiger partial charge in [-0.3, -0.25) is 0 Å². The fraction of sp³-hybridized carbons (Fsp3) is 0.571. The van der Waals surface area contributed by atoms with Gasteiger partial charge in [0, 0.05) is 15.6 Å². The molecule has 0 amide bonds. The van der Waals surface area contributed by atoms with E-state index in [1.807, 2.05) is 26.0 Å². The van der Waals surface area contributed by atoms with E-state index in [1.54, 1.807) is 7.11 Å². The molecule has 0 radical (unpaired) electrons. The molecule has 3 nitrogen and oxygen atoms in total. The van der Waals surface area contributed by atoms with E-state index in [0.717, 1.165) is 34.4 Å². The highest BCUT2D eigenvalue weighted by atomic mass is 79.9. The molecule has 100 valence electrons. The van der Waals surface area contributed by atoms with Crippen molar-refractivity contribution in [3.63, 3.8) is 0 Å². The summed E-state index contributed by atoms with van der Waals surface area (Å²) in [4.78, 5) is 0. The van der Waals surface area contributed by atoms with Gasteiger partial charge in [0.05, 0.1) is 13.2 Å². The Kier molecular flexibility index (Phi) is 3.87. The van der Waals surface area contributed by atoms with Crippen LogP contribution in [0, 0.1) is 0 Å². The lowest BCUT2D eigenvalue weighted by molar-refractivity contribution is 0.113. The Labute approximate surface area is 117 Å². The molecule has 4 heteroatoms. The summed E-state index contributed by atoms with van der Waals surface area (Å²) in [5, 5.41) is 0. The summed E-state index contributed by atoms with van der Waals surface area (Å²) in [5.74, 6) is 1.53. The third kappa shape index (κ3) is 2.81. The van der Waals surface area contributed by atoms with Crippen LogP contribution in [0.25, 0.3) is 0 Å². The summed E-state index contributed by atoms with van der Waals surface area (Å²) in [6, 6.07) is 3.93. The van der Waals surface area contributed by atoms with Crippen molar-refractivity contribution in [2.24, 2.45) is 5.73 Å². The van der Waals surface area contributed by atoms with Gasteiger partial charge in [-0.15, -0.1) is 0 Å². The van der Waals surface area contributed by atoms with Gasteiger partial charge in [0.25, 0.3) is 0 Å². The number of nitrogens with two attached hydrogens (primary N) is 1. The summed E-state index contributed by atoms with van der Waals surface area (Å²) in [6.45, 7) is 3.95. The molecular formula is C14H20BrNO2. The lowest BCUT2D eigenvalue weighted by Gasteiger charge is -2.31. The molecule has 0 spiro atoms. The highest BCUT2D eigenvalue weighted by molar-refractivity contribution is 9.10. The number of methoxy groups -OCH3 is 1. The van der Waals surface area contributed by atoms with Crippen molar-refractivity contribution in [2.45, 2.75) is 44.8 Å². The summed E-state index contributed by atoms with van der Waals surface area (Å²) < 4.78 is 12.4. The third-order valence-electron chi connectivity index (χ3n) is 3.27. The number of hydrogen-bond donors (Lipinski definition) is 1. The summed E-state index contributed by atoms with van der Waals surface area (Å²) in [7, 11) is 1.66. The van der Waals surface area contributed by atoms with Crippen LogP contribution in [0.4, 0.5) is 0 Å². The fourth-order valence-corrected chi connectivity index (χ4v) is 2.41. The largest absolute Gasteiger partial charge is 0.493 e. The van der Waals surface area contributed by atoms with E-state index >= 15 is 0 Å². The molecule has 0 atom stereocenters. The van der Waals surface area contributed by atoms with Gasteiger partial charge in [-0.05, 0) is 45.2 Å². The topological polar surface area (TPSA) is 44.5 Å². The minimum atomic E-state index is -0.462. The van der Waals surface area contributed by atoms with E-state index in [1.165, 1.54) is 6.42 Å². The summed E-state index contributed by atoms with van der Waals surface area (Å²) in [5.41, 5.74) is 6.74. The van der Waals surface area contributed by atoms with Gasteiger partial charge >= 0.3 is 0 Å². The van der Waals surface area contributed by atoms with E-state index in [9.17, 15) is 0 Å². The Morgan fingerprint density at radius 3 is 2.44 bits per heavy atom. The summed E-state index contributed by atoms with van der Waals surface area (Å²) in [6.07, 6.45) is 3.78. The quantitative estimate of drug-likeness (QED) is 0.924. The first-order chi connectivity index (χ1) is 8.41. The highest BCUT2D eigenvalue weighted by Crippen LogP contribution is 2.41. The second-order valence-electron chi connectivity index (χ2n) is 5.38. The molecule has 2 rings (SSSR count). The van der Waals surface area contributed by atoms with Crippen LogP contribution in [0.2, 0.25) is 0 Å². The second kappa shape index (κ2) is 5.10. The van der Waals surface area contributed by atoms with Crippen LogP contribution in [0.5, 0.6) is 11.5 Å². The number of benzene rings is 1. The van der Waals surface area contributed by atoms with Crippen LogP contribution in [0.1, 0.15) is 38.7 Å². The van der Waals surface area contributed by atoms with Gasteiger partial charge in [-0.1, -0.05) is 15.9 Å². The molecule has 1 saturated carbocycles. The summed E-state index contributed by atoms with van der Waals surface area (Å²) >= 11 is 3.49. The predicted octanol–water partition coefficient (Wildman–Crippen LogP) is 3.58. The van der Waals surface area contributed by atoms with Crippen LogP contribution in [-0.4, -0.2) is 13.2 Å². The lowest BCUT2D eigenvalue weighted by atomic mass is 9.93. The maximum Gasteiger partial charge on any atom is 0.166 e. The Morgan fingerprint density at radius 2 is 2.00 bits per heavy atom. The molecule has 0 aliphatic heterocycles. The van der Waals surface area contributed by atoms with Gasteiger partial charge < -0.3 is 15.2 Å². The van der Waals surface area contributed by atoms with Gasteiger partial charge in [-0.25, -0.2) is 0 Å². The minimum absolute atomic E-state index is 0.307. The van der Waals surface area contributed by atoms with E-state index in [4.69, 9.17) is 15.2 Å². The smallest absolute Gasteiger partial charge is 0.166 e. The van der Waals surface area contributed by atoms with Crippen LogP contribution in [-0.2, 0) is 5.54 Å². The van der Waals surface area contributed by atoms with E-state index in [-0.39, 0.29) is 0 Å². The Hall–Kier alpha value is -0.740. The van der Waals surface area contributed by atoms with Crippen molar-refractivity contribution >= 4 is 15.9 Å². The zero-order chi connectivity index (χ0) is 13.3. The molecule has 0 heterocycles. The average molecular weight is 314 g/mol. The molecule has 1 fully saturated rings. The molecular weight excluding hydrogens is 294 g/mol. The normalized spacial score (nSPS) is 16.3. The molecule has 1 aromatic carbocycles. The maximum absolute atomic E-state index is 6.23. The second-order valence-corrected chi connectivity index (χ2v) is 6.29. The first-order valence-electron chi connectivity index (χ1n) is 6.25. The molecule has 0 saturated heterocycles. The van der Waals surface area contributed by atoms with Gasteiger partial charge in [-0.2, -0.15) is 0 Å². The monoisotopic (exact) mass is 313 g/mol. The first-order valence-corrected chi connectivity index (χ1v) is 7.04. The van der Waals surface area contributed by atoms with E-state index in [0.29, 0.717) is 6.10 Å². The minimum Gasteiger partial charge on any atom is -0.493 e. The molecule has 2 N–H and O–H groups in total. The molecule has 0 bridgehead atoms. The van der Waals surface area contributed by atoms with Crippen LogP contribution in [0.3, 0.4) is 0 Å². The fourth-order valence-electron chi connectivity index (χ4n) is 1.98. The van der Waals surface area contributed by atoms with E-state index < -0.39 is 5.54 Å². The number of halogens is 1. The molecule has 18 heavy (non-hydrogen) atoms. The zero-order valence-electron chi connectivity index (χ0n) is 11.1. The average Bonchev–Trinajstić information content (AvgIpc) is 2.22. The van der Waals surface area contributed by atoms with Crippen molar-refractivity contribution < 1.29 is 9.47 Å². The highest BCUT2D eigenvalue weighted by Gasteiger charge is 2.27. The number of hydrogen-bond acceptors (Lipinski definition) is 3. The van der Waals surface area contributed by atoms with Crippen LogP contribution in [0.15, 0.2) is 16.6 Å².